The Morgan fingerprint density at radius 2 is 1.88 bits per heavy atom. The zero-order valence-electron chi connectivity index (χ0n) is 9.57. The summed E-state index contributed by atoms with van der Waals surface area (Å²) >= 11 is 3.72. The number of thioether (sulfide) groups is 1. The van der Waals surface area contributed by atoms with Gasteiger partial charge in [0.2, 0.25) is 0 Å². The van der Waals surface area contributed by atoms with E-state index in [-0.39, 0.29) is 0 Å². The maximum atomic E-state index is 3.51. The number of para-hydroxylation sites is 1. The molecule has 0 aromatic heterocycles. The van der Waals surface area contributed by atoms with Crippen molar-refractivity contribution in [3.05, 3.63) is 42.5 Å². The second-order valence-corrected chi connectivity index (χ2v) is 6.24. The molecule has 17 heavy (non-hydrogen) atoms. The summed E-state index contributed by atoms with van der Waals surface area (Å²) in [6.45, 7) is 2.18. The van der Waals surface area contributed by atoms with Crippen LogP contribution in [-0.2, 0) is 0 Å². The minimum atomic E-state index is 1.11. The van der Waals surface area contributed by atoms with Crippen molar-refractivity contribution in [3.8, 4) is 0 Å². The molecule has 0 radical (unpaired) electrons. The Morgan fingerprint density at radius 3 is 2.76 bits per heavy atom. The molecule has 0 saturated carbocycles. The van der Waals surface area contributed by atoms with Crippen molar-refractivity contribution in [3.63, 3.8) is 0 Å². The van der Waals surface area contributed by atoms with E-state index in [4.69, 9.17) is 0 Å². The summed E-state index contributed by atoms with van der Waals surface area (Å²) in [6, 6.07) is 15.1. The van der Waals surface area contributed by atoms with E-state index in [1.54, 1.807) is 0 Å². The second-order valence-electron chi connectivity index (χ2n) is 3.81. The molecule has 1 N–H and O–H groups in total. The molecule has 0 amide bonds. The zero-order chi connectivity index (χ0) is 11.7. The molecule has 3 heteroatoms. The molecule has 2 aromatic carbocycles. The van der Waals surface area contributed by atoms with Gasteiger partial charge in [-0.2, -0.15) is 0 Å². The lowest BCUT2D eigenvalue weighted by Gasteiger charge is -2.21. The van der Waals surface area contributed by atoms with Gasteiger partial charge in [0.25, 0.3) is 0 Å². The molecule has 2 aromatic rings. The number of rotatable bonds is 2. The van der Waals surface area contributed by atoms with Crippen LogP contribution in [0.2, 0.25) is 0 Å². The van der Waals surface area contributed by atoms with E-state index >= 15 is 0 Å². The molecule has 1 aliphatic rings. The first kappa shape index (κ1) is 11.1. The minimum absolute atomic E-state index is 1.11. The van der Waals surface area contributed by atoms with Crippen molar-refractivity contribution in [1.29, 1.82) is 0 Å². The maximum absolute atomic E-state index is 3.51. The second kappa shape index (κ2) is 4.67. The smallest absolute Gasteiger partial charge is 0.0537 e. The molecule has 0 atom stereocenters. The molecule has 0 saturated heterocycles. The maximum Gasteiger partial charge on any atom is 0.0537 e. The van der Waals surface area contributed by atoms with Crippen molar-refractivity contribution in [2.75, 3.05) is 11.1 Å². The average Bonchev–Trinajstić information content (AvgIpc) is 2.36. The number of hydrogen-bond acceptors (Lipinski definition) is 3. The van der Waals surface area contributed by atoms with Crippen LogP contribution in [0.4, 0.5) is 11.4 Å². The van der Waals surface area contributed by atoms with E-state index in [1.165, 1.54) is 26.1 Å². The van der Waals surface area contributed by atoms with Crippen LogP contribution in [0.15, 0.2) is 57.2 Å². The van der Waals surface area contributed by atoms with E-state index in [1.807, 2.05) is 23.5 Å². The third kappa shape index (κ3) is 2.17. The van der Waals surface area contributed by atoms with Gasteiger partial charge < -0.3 is 5.32 Å². The highest BCUT2D eigenvalue weighted by atomic mass is 32.2. The third-order valence-electron chi connectivity index (χ3n) is 2.64. The number of hydrogen-bond donors (Lipinski definition) is 1. The van der Waals surface area contributed by atoms with Crippen LogP contribution < -0.4 is 5.32 Å². The lowest BCUT2D eigenvalue weighted by atomic mass is 10.2. The van der Waals surface area contributed by atoms with Gasteiger partial charge in [0.05, 0.1) is 11.4 Å². The fourth-order valence-electron chi connectivity index (χ4n) is 1.87. The standard InChI is InChI=1S/C14H13NS2/c1-2-16-10-7-8-14-12(9-10)15-11-5-3-4-6-13(11)17-14/h3-9,15H,2H2,1H3. The fourth-order valence-corrected chi connectivity index (χ4v) is 3.54. The van der Waals surface area contributed by atoms with Gasteiger partial charge in [-0.15, -0.1) is 11.8 Å². The zero-order valence-corrected chi connectivity index (χ0v) is 11.2. The summed E-state index contributed by atoms with van der Waals surface area (Å²) < 4.78 is 0. The Morgan fingerprint density at radius 1 is 1.06 bits per heavy atom. The van der Waals surface area contributed by atoms with Crippen LogP contribution in [0.5, 0.6) is 0 Å². The molecule has 1 nitrogen and oxygen atoms in total. The van der Waals surface area contributed by atoms with Crippen molar-refractivity contribution in [1.82, 2.24) is 0 Å². The highest BCUT2D eigenvalue weighted by Crippen LogP contribution is 2.44. The first-order valence-corrected chi connectivity index (χ1v) is 7.48. The summed E-state index contributed by atoms with van der Waals surface area (Å²) in [5.41, 5.74) is 2.44. The van der Waals surface area contributed by atoms with Crippen molar-refractivity contribution >= 4 is 34.9 Å². The van der Waals surface area contributed by atoms with Crippen molar-refractivity contribution < 1.29 is 0 Å². The van der Waals surface area contributed by atoms with Crippen LogP contribution >= 0.6 is 23.5 Å². The summed E-state index contributed by atoms with van der Waals surface area (Å²) in [7, 11) is 0. The minimum Gasteiger partial charge on any atom is -0.354 e. The van der Waals surface area contributed by atoms with Crippen LogP contribution in [0.3, 0.4) is 0 Å². The summed E-state index contributed by atoms with van der Waals surface area (Å²) in [5, 5.41) is 3.51. The summed E-state index contributed by atoms with van der Waals surface area (Å²) in [4.78, 5) is 3.94. The summed E-state index contributed by atoms with van der Waals surface area (Å²) in [5.74, 6) is 1.11. The Bertz CT molecular complexity index is 552. The number of benzene rings is 2. The molecule has 0 spiro atoms. The first-order valence-electron chi connectivity index (χ1n) is 5.67. The lowest BCUT2D eigenvalue weighted by molar-refractivity contribution is 1.27. The Hall–Kier alpha value is -1.06. The fraction of sp³-hybridized carbons (Fsp3) is 0.143. The van der Waals surface area contributed by atoms with Gasteiger partial charge in [0.15, 0.2) is 0 Å². The topological polar surface area (TPSA) is 12.0 Å². The van der Waals surface area contributed by atoms with E-state index < -0.39 is 0 Å². The van der Waals surface area contributed by atoms with Crippen molar-refractivity contribution in [2.45, 2.75) is 21.6 Å². The molecule has 0 unspecified atom stereocenters. The van der Waals surface area contributed by atoms with E-state index in [9.17, 15) is 0 Å². The molecule has 3 rings (SSSR count). The molecule has 0 aliphatic carbocycles. The predicted octanol–water partition coefficient (Wildman–Crippen LogP) is 5.01. The van der Waals surface area contributed by atoms with E-state index in [0.29, 0.717) is 0 Å². The number of fused-ring (bicyclic) bond motifs is 2. The monoisotopic (exact) mass is 259 g/mol. The summed E-state index contributed by atoms with van der Waals surface area (Å²) in [6.07, 6.45) is 0. The Kier molecular flexibility index (Phi) is 3.04. The van der Waals surface area contributed by atoms with Gasteiger partial charge in [-0.25, -0.2) is 0 Å². The third-order valence-corrected chi connectivity index (χ3v) is 4.67. The van der Waals surface area contributed by atoms with Gasteiger partial charge in [-0.3, -0.25) is 0 Å². The number of anilines is 2. The highest BCUT2D eigenvalue weighted by Gasteiger charge is 2.14. The Labute approximate surface area is 110 Å². The molecular formula is C14H13NS2. The van der Waals surface area contributed by atoms with Gasteiger partial charge in [0.1, 0.15) is 0 Å². The quantitative estimate of drug-likeness (QED) is 0.650. The molecular weight excluding hydrogens is 246 g/mol. The molecule has 0 bridgehead atoms. The van der Waals surface area contributed by atoms with Crippen LogP contribution in [0, 0.1) is 0 Å². The van der Waals surface area contributed by atoms with Gasteiger partial charge in [-0.05, 0) is 36.1 Å². The van der Waals surface area contributed by atoms with Gasteiger partial charge in [0, 0.05) is 14.7 Å². The van der Waals surface area contributed by atoms with Crippen LogP contribution in [0.1, 0.15) is 6.92 Å². The largest absolute Gasteiger partial charge is 0.354 e. The van der Waals surface area contributed by atoms with Crippen LogP contribution in [-0.4, -0.2) is 5.75 Å². The highest BCUT2D eigenvalue weighted by molar-refractivity contribution is 8.00. The average molecular weight is 259 g/mol. The van der Waals surface area contributed by atoms with Crippen molar-refractivity contribution in [2.24, 2.45) is 0 Å². The van der Waals surface area contributed by atoms with Gasteiger partial charge in [-0.1, -0.05) is 30.8 Å². The van der Waals surface area contributed by atoms with Gasteiger partial charge >= 0.3 is 0 Å². The van der Waals surface area contributed by atoms with Crippen LogP contribution in [0.25, 0.3) is 0 Å². The van der Waals surface area contributed by atoms with E-state index in [0.717, 1.165) is 5.75 Å². The predicted molar refractivity (Wildman–Crippen MR) is 76.7 cm³/mol. The molecule has 0 fully saturated rings. The molecule has 1 heterocycles. The normalized spacial score (nSPS) is 12.5. The number of nitrogens with one attached hydrogen (secondary N) is 1. The molecule has 1 aliphatic heterocycles. The SMILES string of the molecule is CCSc1ccc2c(c1)Nc1ccccc1S2. The lowest BCUT2D eigenvalue weighted by Crippen LogP contribution is -1.99. The molecule has 86 valence electrons. The van der Waals surface area contributed by atoms with E-state index in [2.05, 4.69) is 54.7 Å². The Balaban J connectivity index is 1.97. The first-order chi connectivity index (χ1) is 8.36.